The van der Waals surface area contributed by atoms with Crippen LogP contribution >= 0.6 is 15.9 Å². The largest absolute Gasteiger partial charge is 0.480 e. The van der Waals surface area contributed by atoms with E-state index in [-0.39, 0.29) is 5.91 Å². The second-order valence-electron chi connectivity index (χ2n) is 4.12. The molecule has 0 aromatic heterocycles. The number of halogens is 1. The smallest absolute Gasteiger partial charge is 0.326 e. The van der Waals surface area contributed by atoms with E-state index in [0.29, 0.717) is 18.4 Å². The average molecular weight is 314 g/mol. The monoisotopic (exact) mass is 313 g/mol. The molecule has 0 unspecified atom stereocenters. The Morgan fingerprint density at radius 2 is 2.11 bits per heavy atom. The van der Waals surface area contributed by atoms with Crippen LogP contribution in [-0.2, 0) is 4.79 Å². The van der Waals surface area contributed by atoms with Crippen LogP contribution in [0.25, 0.3) is 0 Å². The van der Waals surface area contributed by atoms with Crippen molar-refractivity contribution in [1.29, 1.82) is 0 Å². The molecule has 0 aliphatic carbocycles. The molecule has 5 heteroatoms. The predicted octanol–water partition coefficient (Wildman–Crippen LogP) is 2.74. The van der Waals surface area contributed by atoms with Gasteiger partial charge in [0.1, 0.15) is 6.04 Å². The number of aliphatic carboxylic acids is 1. The van der Waals surface area contributed by atoms with Gasteiger partial charge in [-0.3, -0.25) is 4.79 Å². The normalized spacial score (nSPS) is 11.9. The lowest BCUT2D eigenvalue weighted by atomic mass is 10.1. The standard InChI is InChI=1S/C13H16BrNO3/c1-3-4-11(13(17)18)15-12(16)9-5-6-10(14)8(2)7-9/h5-7,11H,3-4H2,1-2H3,(H,15,16)(H,17,18)/t11-/m0/s1. The maximum Gasteiger partial charge on any atom is 0.326 e. The van der Waals surface area contributed by atoms with E-state index in [1.54, 1.807) is 18.2 Å². The Morgan fingerprint density at radius 3 is 2.61 bits per heavy atom. The minimum Gasteiger partial charge on any atom is -0.480 e. The molecule has 98 valence electrons. The van der Waals surface area contributed by atoms with Crippen LogP contribution in [0.4, 0.5) is 0 Å². The number of hydrogen-bond acceptors (Lipinski definition) is 2. The molecule has 0 saturated carbocycles. The molecule has 18 heavy (non-hydrogen) atoms. The zero-order valence-corrected chi connectivity index (χ0v) is 12.0. The fourth-order valence-corrected chi connectivity index (χ4v) is 1.82. The fraction of sp³-hybridized carbons (Fsp3) is 0.385. The molecule has 4 nitrogen and oxygen atoms in total. The van der Waals surface area contributed by atoms with Gasteiger partial charge in [-0.15, -0.1) is 0 Å². The summed E-state index contributed by atoms with van der Waals surface area (Å²) in [4.78, 5) is 22.9. The molecule has 0 saturated heterocycles. The summed E-state index contributed by atoms with van der Waals surface area (Å²) in [5, 5.41) is 11.5. The van der Waals surface area contributed by atoms with Gasteiger partial charge in [0.05, 0.1) is 0 Å². The summed E-state index contributed by atoms with van der Waals surface area (Å²) in [5.74, 6) is -1.36. The fourth-order valence-electron chi connectivity index (χ4n) is 1.57. The first-order valence-corrected chi connectivity index (χ1v) is 6.54. The summed E-state index contributed by atoms with van der Waals surface area (Å²) in [6.07, 6.45) is 1.13. The van der Waals surface area contributed by atoms with E-state index < -0.39 is 12.0 Å². The highest BCUT2D eigenvalue weighted by atomic mass is 79.9. The quantitative estimate of drug-likeness (QED) is 0.878. The molecule has 0 aliphatic rings. The summed E-state index contributed by atoms with van der Waals surface area (Å²) < 4.78 is 0.919. The van der Waals surface area contributed by atoms with Crippen molar-refractivity contribution in [3.63, 3.8) is 0 Å². The zero-order chi connectivity index (χ0) is 13.7. The Labute approximate surface area is 115 Å². The Bertz CT molecular complexity index is 460. The molecule has 0 fully saturated rings. The van der Waals surface area contributed by atoms with E-state index in [4.69, 9.17) is 5.11 Å². The van der Waals surface area contributed by atoms with Crippen molar-refractivity contribution >= 4 is 27.8 Å². The molecule has 1 aromatic rings. The molecule has 0 bridgehead atoms. The van der Waals surface area contributed by atoms with Crippen molar-refractivity contribution in [2.75, 3.05) is 0 Å². The lowest BCUT2D eigenvalue weighted by Crippen LogP contribution is -2.40. The van der Waals surface area contributed by atoms with Crippen molar-refractivity contribution in [2.24, 2.45) is 0 Å². The third-order valence-corrected chi connectivity index (χ3v) is 3.49. The van der Waals surface area contributed by atoms with Crippen molar-refractivity contribution in [3.05, 3.63) is 33.8 Å². The molecular formula is C13H16BrNO3. The summed E-state index contributed by atoms with van der Waals surface area (Å²) in [6.45, 7) is 3.76. The summed E-state index contributed by atoms with van der Waals surface area (Å²) in [5.41, 5.74) is 1.41. The van der Waals surface area contributed by atoms with Gasteiger partial charge in [-0.05, 0) is 37.1 Å². The van der Waals surface area contributed by atoms with Gasteiger partial charge in [-0.2, -0.15) is 0 Å². The van der Waals surface area contributed by atoms with E-state index in [9.17, 15) is 9.59 Å². The summed E-state index contributed by atoms with van der Waals surface area (Å²) >= 11 is 3.35. The van der Waals surface area contributed by atoms with Crippen molar-refractivity contribution in [1.82, 2.24) is 5.32 Å². The number of hydrogen-bond donors (Lipinski definition) is 2. The van der Waals surface area contributed by atoms with Gasteiger partial charge in [0.15, 0.2) is 0 Å². The number of aryl methyl sites for hydroxylation is 1. The molecule has 1 atom stereocenters. The van der Waals surface area contributed by atoms with Gasteiger partial charge in [-0.1, -0.05) is 29.3 Å². The molecule has 0 aliphatic heterocycles. The van der Waals surface area contributed by atoms with Crippen LogP contribution in [0.15, 0.2) is 22.7 Å². The molecule has 0 heterocycles. The highest BCUT2D eigenvalue weighted by Crippen LogP contribution is 2.17. The van der Waals surface area contributed by atoms with Crippen LogP contribution in [0.2, 0.25) is 0 Å². The molecule has 1 amide bonds. The van der Waals surface area contributed by atoms with Gasteiger partial charge in [0.2, 0.25) is 0 Å². The first kappa shape index (κ1) is 14.7. The van der Waals surface area contributed by atoms with Crippen molar-refractivity contribution < 1.29 is 14.7 Å². The lowest BCUT2D eigenvalue weighted by molar-refractivity contribution is -0.139. The minimum absolute atomic E-state index is 0.355. The van der Waals surface area contributed by atoms with Crippen molar-refractivity contribution in [2.45, 2.75) is 32.7 Å². The Balaban J connectivity index is 2.80. The SMILES string of the molecule is CCC[C@H](NC(=O)c1ccc(Br)c(C)c1)C(=O)O. The van der Waals surface area contributed by atoms with E-state index in [1.807, 2.05) is 13.8 Å². The minimum atomic E-state index is -1.00. The molecule has 2 N–H and O–H groups in total. The number of rotatable bonds is 5. The molecule has 1 rings (SSSR count). The van der Waals surface area contributed by atoms with E-state index in [2.05, 4.69) is 21.2 Å². The van der Waals surface area contributed by atoms with Gasteiger partial charge in [0.25, 0.3) is 5.91 Å². The van der Waals surface area contributed by atoms with Gasteiger partial charge in [0, 0.05) is 10.0 Å². The molecule has 0 spiro atoms. The zero-order valence-electron chi connectivity index (χ0n) is 10.4. The maximum absolute atomic E-state index is 11.9. The third kappa shape index (κ3) is 3.84. The first-order valence-electron chi connectivity index (χ1n) is 5.75. The van der Waals surface area contributed by atoms with E-state index in [1.165, 1.54) is 0 Å². The Hall–Kier alpha value is -1.36. The lowest BCUT2D eigenvalue weighted by Gasteiger charge is -2.13. The number of amides is 1. The van der Waals surface area contributed by atoms with Gasteiger partial charge >= 0.3 is 5.97 Å². The predicted molar refractivity (Wildman–Crippen MR) is 72.7 cm³/mol. The average Bonchev–Trinajstić information content (AvgIpc) is 2.31. The highest BCUT2D eigenvalue weighted by Gasteiger charge is 2.19. The first-order chi connectivity index (χ1) is 8.45. The number of benzene rings is 1. The van der Waals surface area contributed by atoms with Crippen LogP contribution in [0, 0.1) is 6.92 Å². The molecular weight excluding hydrogens is 298 g/mol. The second kappa shape index (κ2) is 6.54. The number of carbonyl (C=O) groups excluding carboxylic acids is 1. The number of carboxylic acids is 1. The molecule has 1 aromatic carbocycles. The summed E-state index contributed by atoms with van der Waals surface area (Å²) in [7, 11) is 0. The second-order valence-corrected chi connectivity index (χ2v) is 4.97. The van der Waals surface area contributed by atoms with Crippen LogP contribution in [0.1, 0.15) is 35.7 Å². The van der Waals surface area contributed by atoms with Crippen LogP contribution in [0.3, 0.4) is 0 Å². The van der Waals surface area contributed by atoms with Gasteiger partial charge < -0.3 is 10.4 Å². The summed E-state index contributed by atoms with van der Waals surface area (Å²) in [6, 6.07) is 4.34. The Morgan fingerprint density at radius 1 is 1.44 bits per heavy atom. The van der Waals surface area contributed by atoms with Crippen LogP contribution < -0.4 is 5.32 Å². The highest BCUT2D eigenvalue weighted by molar-refractivity contribution is 9.10. The van der Waals surface area contributed by atoms with E-state index >= 15 is 0 Å². The maximum atomic E-state index is 11.9. The number of nitrogens with one attached hydrogen (secondary N) is 1. The van der Waals surface area contributed by atoms with Crippen molar-refractivity contribution in [3.8, 4) is 0 Å². The van der Waals surface area contributed by atoms with E-state index in [0.717, 1.165) is 10.0 Å². The number of carboxylic acid groups (broad SMARTS) is 1. The topological polar surface area (TPSA) is 66.4 Å². The molecule has 0 radical (unpaired) electrons. The number of carbonyl (C=O) groups is 2. The van der Waals surface area contributed by atoms with Crippen LogP contribution in [0.5, 0.6) is 0 Å². The third-order valence-electron chi connectivity index (χ3n) is 2.60. The Kier molecular flexibility index (Phi) is 5.34. The van der Waals surface area contributed by atoms with Crippen LogP contribution in [-0.4, -0.2) is 23.0 Å². The van der Waals surface area contributed by atoms with Gasteiger partial charge in [-0.25, -0.2) is 4.79 Å².